The van der Waals surface area contributed by atoms with Gasteiger partial charge in [0, 0.05) is 26.3 Å². The van der Waals surface area contributed by atoms with Crippen molar-refractivity contribution >= 4 is 17.6 Å². The Morgan fingerprint density at radius 3 is 2.63 bits per heavy atom. The van der Waals surface area contributed by atoms with Crippen LogP contribution in [0.1, 0.15) is 25.7 Å². The number of nitrogens with two attached hydrogens (primary N) is 1. The Morgan fingerprint density at radius 2 is 1.95 bits per heavy atom. The first-order chi connectivity index (χ1) is 9.22. The molecule has 2 unspecified atom stereocenters. The summed E-state index contributed by atoms with van der Waals surface area (Å²) in [7, 11) is 1.80. The Bertz CT molecular complexity index is 412. The van der Waals surface area contributed by atoms with Gasteiger partial charge in [0.05, 0.1) is 0 Å². The maximum atomic E-state index is 9.40. The molecule has 0 aliphatic heterocycles. The molecular weight excluding hydrogens is 242 g/mol. The molecule has 6 heteroatoms. The molecule has 1 aliphatic rings. The van der Waals surface area contributed by atoms with Gasteiger partial charge in [0.2, 0.25) is 5.95 Å². The van der Waals surface area contributed by atoms with Gasteiger partial charge in [-0.1, -0.05) is 12.8 Å². The van der Waals surface area contributed by atoms with Gasteiger partial charge in [0.1, 0.15) is 11.6 Å². The summed E-state index contributed by atoms with van der Waals surface area (Å²) < 4.78 is 0. The number of hydrogen-bond acceptors (Lipinski definition) is 6. The van der Waals surface area contributed by atoms with E-state index in [-0.39, 0.29) is 12.6 Å². The molecule has 1 aliphatic carbocycles. The largest absolute Gasteiger partial charge is 0.396 e. The van der Waals surface area contributed by atoms with Crippen molar-refractivity contribution in [3.8, 4) is 0 Å². The zero-order valence-electron chi connectivity index (χ0n) is 11.4. The first kappa shape index (κ1) is 13.9. The van der Waals surface area contributed by atoms with Gasteiger partial charge in [-0.05, 0) is 24.7 Å². The lowest BCUT2D eigenvalue weighted by Gasteiger charge is -2.30. The maximum Gasteiger partial charge on any atom is 0.223 e. The first-order valence-electron chi connectivity index (χ1n) is 6.90. The van der Waals surface area contributed by atoms with Crippen LogP contribution in [0.2, 0.25) is 0 Å². The van der Waals surface area contributed by atoms with Crippen LogP contribution in [0, 0.1) is 11.8 Å². The van der Waals surface area contributed by atoms with Gasteiger partial charge in [-0.3, -0.25) is 0 Å². The second-order valence-corrected chi connectivity index (χ2v) is 5.11. The van der Waals surface area contributed by atoms with Crippen LogP contribution in [-0.4, -0.2) is 35.3 Å². The Labute approximate surface area is 113 Å². The summed E-state index contributed by atoms with van der Waals surface area (Å²) in [5, 5.41) is 15.7. The molecular formula is C13H23N5O. The molecule has 2 rings (SSSR count). The average Bonchev–Trinajstić information content (AvgIpc) is 2.44. The summed E-state index contributed by atoms with van der Waals surface area (Å²) in [6.07, 6.45) is 4.76. The number of hydrogen-bond donors (Lipinski definition) is 4. The van der Waals surface area contributed by atoms with Gasteiger partial charge in [-0.15, -0.1) is 0 Å². The first-order valence-corrected chi connectivity index (χ1v) is 6.90. The molecule has 0 bridgehead atoms. The molecule has 0 saturated heterocycles. The Kier molecular flexibility index (Phi) is 4.79. The monoisotopic (exact) mass is 265 g/mol. The fraction of sp³-hybridized carbons (Fsp3) is 0.692. The van der Waals surface area contributed by atoms with Crippen molar-refractivity contribution in [2.24, 2.45) is 11.8 Å². The van der Waals surface area contributed by atoms with E-state index in [9.17, 15) is 5.11 Å². The molecule has 1 fully saturated rings. The standard InChI is InChI=1S/C13H23N5O/c1-15-11-6-12(18-13(14)17-11)16-7-9-4-2-3-5-10(9)8-19/h6,9-10,19H,2-5,7-8H2,1H3,(H4,14,15,16,17,18). The number of nitrogen functional groups attached to an aromatic ring is 1. The molecule has 6 nitrogen and oxygen atoms in total. The van der Waals surface area contributed by atoms with Crippen molar-refractivity contribution in [2.75, 3.05) is 36.6 Å². The highest BCUT2D eigenvalue weighted by molar-refractivity contribution is 5.50. The Balaban J connectivity index is 1.95. The number of nitrogens with zero attached hydrogens (tertiary/aromatic N) is 2. The van der Waals surface area contributed by atoms with E-state index in [1.807, 2.05) is 6.07 Å². The van der Waals surface area contributed by atoms with Crippen LogP contribution in [-0.2, 0) is 0 Å². The second-order valence-electron chi connectivity index (χ2n) is 5.11. The van der Waals surface area contributed by atoms with Crippen LogP contribution in [0.15, 0.2) is 6.07 Å². The molecule has 1 aromatic rings. The summed E-state index contributed by atoms with van der Waals surface area (Å²) >= 11 is 0. The van der Waals surface area contributed by atoms with Crippen molar-refractivity contribution in [1.82, 2.24) is 9.97 Å². The summed E-state index contributed by atoms with van der Waals surface area (Å²) in [4.78, 5) is 8.22. The van der Waals surface area contributed by atoms with Crippen molar-refractivity contribution in [3.05, 3.63) is 6.07 Å². The number of anilines is 3. The lowest BCUT2D eigenvalue weighted by molar-refractivity contribution is 0.141. The quantitative estimate of drug-likeness (QED) is 0.641. The fourth-order valence-corrected chi connectivity index (χ4v) is 2.71. The molecule has 1 heterocycles. The predicted molar refractivity (Wildman–Crippen MR) is 77.0 cm³/mol. The van der Waals surface area contributed by atoms with E-state index in [0.29, 0.717) is 17.7 Å². The Morgan fingerprint density at radius 1 is 1.26 bits per heavy atom. The van der Waals surface area contributed by atoms with E-state index in [1.54, 1.807) is 7.05 Å². The molecule has 1 saturated carbocycles. The summed E-state index contributed by atoms with van der Waals surface area (Å²) in [6, 6.07) is 1.84. The van der Waals surface area contributed by atoms with Crippen LogP contribution in [0.5, 0.6) is 0 Å². The molecule has 19 heavy (non-hydrogen) atoms. The zero-order chi connectivity index (χ0) is 13.7. The van der Waals surface area contributed by atoms with Gasteiger partial charge >= 0.3 is 0 Å². The number of aliphatic hydroxyl groups is 1. The average molecular weight is 265 g/mol. The van der Waals surface area contributed by atoms with Crippen LogP contribution < -0.4 is 16.4 Å². The normalized spacial score (nSPS) is 23.1. The Hall–Kier alpha value is -1.56. The summed E-state index contributed by atoms with van der Waals surface area (Å²) in [5.74, 6) is 2.62. The van der Waals surface area contributed by atoms with E-state index < -0.39 is 0 Å². The van der Waals surface area contributed by atoms with Crippen LogP contribution in [0.4, 0.5) is 17.6 Å². The van der Waals surface area contributed by atoms with E-state index >= 15 is 0 Å². The van der Waals surface area contributed by atoms with Gasteiger partial charge < -0.3 is 21.5 Å². The lowest BCUT2D eigenvalue weighted by Crippen LogP contribution is -2.28. The molecule has 0 amide bonds. The SMILES string of the molecule is CNc1cc(NCC2CCCCC2CO)nc(N)n1. The maximum absolute atomic E-state index is 9.40. The van der Waals surface area contributed by atoms with E-state index in [4.69, 9.17) is 5.73 Å². The van der Waals surface area contributed by atoms with Crippen LogP contribution >= 0.6 is 0 Å². The van der Waals surface area contributed by atoms with Gasteiger partial charge in [0.25, 0.3) is 0 Å². The molecule has 0 spiro atoms. The molecule has 106 valence electrons. The number of aromatic nitrogens is 2. The van der Waals surface area contributed by atoms with Crippen LogP contribution in [0.25, 0.3) is 0 Å². The van der Waals surface area contributed by atoms with Gasteiger partial charge in [0.15, 0.2) is 0 Å². The number of rotatable bonds is 5. The topological polar surface area (TPSA) is 96.1 Å². The number of aliphatic hydroxyl groups excluding tert-OH is 1. The van der Waals surface area contributed by atoms with Crippen molar-refractivity contribution in [1.29, 1.82) is 0 Å². The third-order valence-electron chi connectivity index (χ3n) is 3.85. The van der Waals surface area contributed by atoms with E-state index in [0.717, 1.165) is 25.2 Å². The third kappa shape index (κ3) is 3.70. The molecule has 1 aromatic heterocycles. The minimum Gasteiger partial charge on any atom is -0.396 e. The van der Waals surface area contributed by atoms with Gasteiger partial charge in [-0.2, -0.15) is 9.97 Å². The minimum atomic E-state index is 0.261. The molecule has 0 radical (unpaired) electrons. The van der Waals surface area contributed by atoms with E-state index in [2.05, 4.69) is 20.6 Å². The molecule has 2 atom stereocenters. The smallest absolute Gasteiger partial charge is 0.223 e. The van der Waals surface area contributed by atoms with E-state index in [1.165, 1.54) is 12.8 Å². The molecule has 5 N–H and O–H groups in total. The van der Waals surface area contributed by atoms with Crippen molar-refractivity contribution < 1.29 is 5.11 Å². The highest BCUT2D eigenvalue weighted by Gasteiger charge is 2.24. The minimum absolute atomic E-state index is 0.261. The molecule has 0 aromatic carbocycles. The predicted octanol–water partition coefficient (Wildman–Crippen LogP) is 1.31. The van der Waals surface area contributed by atoms with Gasteiger partial charge in [-0.25, -0.2) is 0 Å². The lowest BCUT2D eigenvalue weighted by atomic mass is 9.79. The number of nitrogens with one attached hydrogen (secondary N) is 2. The van der Waals surface area contributed by atoms with Crippen molar-refractivity contribution in [2.45, 2.75) is 25.7 Å². The highest BCUT2D eigenvalue weighted by atomic mass is 16.3. The zero-order valence-corrected chi connectivity index (χ0v) is 11.4. The van der Waals surface area contributed by atoms with Crippen molar-refractivity contribution in [3.63, 3.8) is 0 Å². The highest BCUT2D eigenvalue weighted by Crippen LogP contribution is 2.29. The summed E-state index contributed by atoms with van der Waals surface area (Å²) in [6.45, 7) is 1.10. The third-order valence-corrected chi connectivity index (χ3v) is 3.85. The fourth-order valence-electron chi connectivity index (χ4n) is 2.71. The van der Waals surface area contributed by atoms with Crippen LogP contribution in [0.3, 0.4) is 0 Å². The summed E-state index contributed by atoms with van der Waals surface area (Å²) in [5.41, 5.74) is 5.65. The second kappa shape index (κ2) is 6.56.